The van der Waals surface area contributed by atoms with Gasteiger partial charge in [-0.3, -0.25) is 4.79 Å². The van der Waals surface area contributed by atoms with Crippen LogP contribution in [0.25, 0.3) is 0 Å². The SMILES string of the molecule is O=C([O-])C1CCCCC1C(=O)Nc1nnc(C2CC2)s1. The number of nitrogens with one attached hydrogen (secondary N) is 1. The van der Waals surface area contributed by atoms with Gasteiger partial charge in [-0.05, 0) is 25.7 Å². The van der Waals surface area contributed by atoms with E-state index in [4.69, 9.17) is 0 Å². The molecule has 0 aromatic carbocycles. The van der Waals surface area contributed by atoms with E-state index in [2.05, 4.69) is 15.5 Å². The van der Waals surface area contributed by atoms with Crippen LogP contribution in [-0.2, 0) is 9.59 Å². The average molecular weight is 294 g/mol. The summed E-state index contributed by atoms with van der Waals surface area (Å²) in [5, 5.41) is 23.3. The molecule has 0 saturated heterocycles. The zero-order chi connectivity index (χ0) is 14.1. The van der Waals surface area contributed by atoms with Crippen molar-refractivity contribution in [3.05, 3.63) is 5.01 Å². The molecule has 0 aliphatic heterocycles. The molecule has 1 amide bonds. The molecule has 2 unspecified atom stereocenters. The normalized spacial score (nSPS) is 26.2. The van der Waals surface area contributed by atoms with Crippen LogP contribution in [0, 0.1) is 11.8 Å². The second kappa shape index (κ2) is 5.47. The molecule has 2 aliphatic carbocycles. The molecule has 2 aliphatic rings. The number of carbonyl (C=O) groups is 2. The van der Waals surface area contributed by atoms with Crippen molar-refractivity contribution in [2.45, 2.75) is 44.4 Å². The topological polar surface area (TPSA) is 95.0 Å². The number of aliphatic carboxylic acids is 1. The maximum atomic E-state index is 12.2. The number of carbonyl (C=O) groups excluding carboxylic acids is 2. The van der Waals surface area contributed by atoms with Crippen molar-refractivity contribution >= 4 is 28.3 Å². The van der Waals surface area contributed by atoms with Crippen molar-refractivity contribution in [2.75, 3.05) is 5.32 Å². The van der Waals surface area contributed by atoms with Crippen LogP contribution in [0.2, 0.25) is 0 Å². The zero-order valence-electron chi connectivity index (χ0n) is 11.0. The highest BCUT2D eigenvalue weighted by Crippen LogP contribution is 2.42. The molecular formula is C13H16N3O3S-. The molecule has 0 spiro atoms. The molecule has 20 heavy (non-hydrogen) atoms. The van der Waals surface area contributed by atoms with Crippen LogP contribution in [0.4, 0.5) is 5.13 Å². The van der Waals surface area contributed by atoms with E-state index in [1.54, 1.807) is 0 Å². The Morgan fingerprint density at radius 2 is 1.80 bits per heavy atom. The number of aromatic nitrogens is 2. The Labute approximate surface area is 120 Å². The molecule has 2 saturated carbocycles. The van der Waals surface area contributed by atoms with Gasteiger partial charge in [-0.15, -0.1) is 10.2 Å². The lowest BCUT2D eigenvalue weighted by atomic mass is 9.79. The predicted octanol–water partition coefficient (Wildman–Crippen LogP) is 0.910. The van der Waals surface area contributed by atoms with Gasteiger partial charge in [-0.2, -0.15) is 0 Å². The summed E-state index contributed by atoms with van der Waals surface area (Å²) in [6.45, 7) is 0. The summed E-state index contributed by atoms with van der Waals surface area (Å²) in [7, 11) is 0. The van der Waals surface area contributed by atoms with Crippen LogP contribution < -0.4 is 10.4 Å². The molecule has 1 aromatic heterocycles. The van der Waals surface area contributed by atoms with E-state index in [-0.39, 0.29) is 5.91 Å². The van der Waals surface area contributed by atoms with E-state index in [1.165, 1.54) is 11.3 Å². The Bertz CT molecular complexity index is 527. The van der Waals surface area contributed by atoms with Crippen molar-refractivity contribution in [1.82, 2.24) is 10.2 Å². The Morgan fingerprint density at radius 3 is 2.45 bits per heavy atom. The van der Waals surface area contributed by atoms with Crippen LogP contribution in [-0.4, -0.2) is 22.1 Å². The van der Waals surface area contributed by atoms with Crippen molar-refractivity contribution in [3.63, 3.8) is 0 Å². The summed E-state index contributed by atoms with van der Waals surface area (Å²) in [6, 6.07) is 0. The highest BCUT2D eigenvalue weighted by atomic mass is 32.1. The number of rotatable bonds is 4. The van der Waals surface area contributed by atoms with Crippen LogP contribution in [0.5, 0.6) is 0 Å². The third kappa shape index (κ3) is 2.82. The van der Waals surface area contributed by atoms with Gasteiger partial charge in [0.1, 0.15) is 5.01 Å². The minimum atomic E-state index is -1.12. The smallest absolute Gasteiger partial charge is 0.229 e. The highest BCUT2D eigenvalue weighted by Gasteiger charge is 2.33. The number of hydrogen-bond donors (Lipinski definition) is 1. The van der Waals surface area contributed by atoms with E-state index in [0.717, 1.165) is 30.7 Å². The fourth-order valence-corrected chi connectivity index (χ4v) is 3.62. The third-order valence-corrected chi connectivity index (χ3v) is 5.00. The number of carboxylic acids is 1. The van der Waals surface area contributed by atoms with Gasteiger partial charge in [0, 0.05) is 23.7 Å². The maximum Gasteiger partial charge on any atom is 0.229 e. The Hall–Kier alpha value is -1.50. The van der Waals surface area contributed by atoms with Crippen LogP contribution in [0.1, 0.15) is 49.5 Å². The first-order valence-electron chi connectivity index (χ1n) is 7.00. The summed E-state index contributed by atoms with van der Waals surface area (Å²) in [4.78, 5) is 23.3. The van der Waals surface area contributed by atoms with Crippen molar-refractivity contribution < 1.29 is 14.7 Å². The Balaban J connectivity index is 1.65. The van der Waals surface area contributed by atoms with Gasteiger partial charge in [0.25, 0.3) is 0 Å². The second-order valence-electron chi connectivity index (χ2n) is 5.53. The van der Waals surface area contributed by atoms with Gasteiger partial charge in [-0.25, -0.2) is 0 Å². The van der Waals surface area contributed by atoms with Crippen molar-refractivity contribution in [2.24, 2.45) is 11.8 Å². The maximum absolute atomic E-state index is 12.2. The molecule has 2 fully saturated rings. The highest BCUT2D eigenvalue weighted by molar-refractivity contribution is 7.15. The standard InChI is InChI=1S/C13H17N3O3S/c17-10(8-3-1-2-4-9(8)12(18)19)14-13-16-15-11(20-13)7-5-6-7/h7-9H,1-6H2,(H,18,19)(H,14,16,17)/p-1. The quantitative estimate of drug-likeness (QED) is 0.890. The first-order valence-corrected chi connectivity index (χ1v) is 7.82. The average Bonchev–Trinajstić information content (AvgIpc) is 3.19. The first kappa shape index (κ1) is 13.5. The van der Waals surface area contributed by atoms with E-state index >= 15 is 0 Å². The van der Waals surface area contributed by atoms with E-state index < -0.39 is 17.8 Å². The minimum absolute atomic E-state index is 0.266. The number of nitrogens with zero attached hydrogens (tertiary/aromatic N) is 2. The second-order valence-corrected chi connectivity index (χ2v) is 6.53. The summed E-state index contributed by atoms with van der Waals surface area (Å²) in [5.74, 6) is -2.08. The van der Waals surface area contributed by atoms with Crippen LogP contribution in [0.15, 0.2) is 0 Å². The molecule has 3 rings (SSSR count). The molecule has 2 atom stereocenters. The molecule has 108 valence electrons. The fourth-order valence-electron chi connectivity index (χ4n) is 2.71. The number of hydrogen-bond acceptors (Lipinski definition) is 6. The largest absolute Gasteiger partial charge is 0.550 e. The summed E-state index contributed by atoms with van der Waals surface area (Å²) >= 11 is 1.39. The van der Waals surface area contributed by atoms with Gasteiger partial charge in [0.05, 0.1) is 0 Å². The number of carboxylic acid groups (broad SMARTS) is 1. The van der Waals surface area contributed by atoms with Crippen molar-refractivity contribution in [3.8, 4) is 0 Å². The summed E-state index contributed by atoms with van der Waals surface area (Å²) < 4.78 is 0. The molecule has 6 nitrogen and oxygen atoms in total. The van der Waals surface area contributed by atoms with Crippen LogP contribution in [0.3, 0.4) is 0 Å². The van der Waals surface area contributed by atoms with Gasteiger partial charge < -0.3 is 15.2 Å². The third-order valence-electron chi connectivity index (χ3n) is 4.00. The fraction of sp³-hybridized carbons (Fsp3) is 0.692. The van der Waals surface area contributed by atoms with E-state index in [1.807, 2.05) is 0 Å². The molecule has 0 radical (unpaired) electrons. The van der Waals surface area contributed by atoms with Crippen molar-refractivity contribution in [1.29, 1.82) is 0 Å². The Kier molecular flexibility index (Phi) is 3.69. The monoisotopic (exact) mass is 294 g/mol. The minimum Gasteiger partial charge on any atom is -0.550 e. The van der Waals surface area contributed by atoms with E-state index in [9.17, 15) is 14.7 Å². The van der Waals surface area contributed by atoms with Gasteiger partial charge in [0.2, 0.25) is 11.0 Å². The lowest BCUT2D eigenvalue weighted by molar-refractivity contribution is -0.313. The van der Waals surface area contributed by atoms with Gasteiger partial charge in [0.15, 0.2) is 0 Å². The summed E-state index contributed by atoms with van der Waals surface area (Å²) in [5.41, 5.74) is 0. The van der Waals surface area contributed by atoms with E-state index in [0.29, 0.717) is 23.9 Å². The summed E-state index contributed by atoms with van der Waals surface area (Å²) in [6.07, 6.45) is 5.11. The first-order chi connectivity index (χ1) is 9.65. The predicted molar refractivity (Wildman–Crippen MR) is 71.0 cm³/mol. The lowest BCUT2D eigenvalue weighted by Gasteiger charge is -2.30. The molecule has 7 heteroatoms. The number of amides is 1. The molecule has 0 bridgehead atoms. The molecule has 1 N–H and O–H groups in total. The molecular weight excluding hydrogens is 278 g/mol. The van der Waals surface area contributed by atoms with Gasteiger partial charge in [-0.1, -0.05) is 24.2 Å². The van der Waals surface area contributed by atoms with Crippen LogP contribution >= 0.6 is 11.3 Å². The molecule has 1 heterocycles. The lowest BCUT2D eigenvalue weighted by Crippen LogP contribution is -2.42. The molecule has 1 aromatic rings. The Morgan fingerprint density at radius 1 is 1.10 bits per heavy atom. The number of anilines is 1. The van der Waals surface area contributed by atoms with Gasteiger partial charge >= 0.3 is 0 Å². The zero-order valence-corrected chi connectivity index (χ0v) is 11.8.